The molecule has 0 aliphatic rings. The molecule has 5 heteroatoms. The highest BCUT2D eigenvalue weighted by Gasteiger charge is 2.12. The summed E-state index contributed by atoms with van der Waals surface area (Å²) in [7, 11) is 0. The van der Waals surface area contributed by atoms with Crippen LogP contribution in [0, 0.1) is 0 Å². The van der Waals surface area contributed by atoms with Gasteiger partial charge in [0.2, 0.25) is 5.91 Å². The lowest BCUT2D eigenvalue weighted by atomic mass is 9.87. The van der Waals surface area contributed by atoms with E-state index >= 15 is 0 Å². The van der Waals surface area contributed by atoms with Gasteiger partial charge < -0.3 is 4.74 Å². The van der Waals surface area contributed by atoms with Gasteiger partial charge in [-0.2, -0.15) is 5.10 Å². The van der Waals surface area contributed by atoms with Crippen LogP contribution in [0.2, 0.25) is 0 Å². The summed E-state index contributed by atoms with van der Waals surface area (Å²) in [5.74, 6) is 0.681. The Hall–Kier alpha value is -2.14. The van der Waals surface area contributed by atoms with E-state index in [2.05, 4.69) is 78.4 Å². The number of rotatable bonds is 8. The van der Waals surface area contributed by atoms with E-state index in [1.54, 1.807) is 6.21 Å². The summed E-state index contributed by atoms with van der Waals surface area (Å²) in [6.07, 6.45) is 3.64. The molecule has 0 unspecified atom stereocenters. The molecule has 150 valence electrons. The molecule has 0 fully saturated rings. The van der Waals surface area contributed by atoms with Gasteiger partial charge in [0.25, 0.3) is 0 Å². The van der Waals surface area contributed by atoms with E-state index in [0.717, 1.165) is 22.2 Å². The summed E-state index contributed by atoms with van der Waals surface area (Å²) in [6, 6.07) is 14.3. The van der Waals surface area contributed by atoms with Crippen molar-refractivity contribution in [2.45, 2.75) is 52.4 Å². The SMILES string of the molecule is CCc1ccc(OCCCC(=O)N/N=C/c2ccc(C(C)(C)C)cc2)c(Br)c1. The van der Waals surface area contributed by atoms with Crippen molar-refractivity contribution in [2.24, 2.45) is 5.10 Å². The fraction of sp³-hybridized carbons (Fsp3) is 0.391. The van der Waals surface area contributed by atoms with E-state index in [9.17, 15) is 4.79 Å². The van der Waals surface area contributed by atoms with Crippen LogP contribution in [-0.4, -0.2) is 18.7 Å². The fourth-order valence-electron chi connectivity index (χ4n) is 2.60. The first-order chi connectivity index (χ1) is 13.3. The number of hydrogen-bond donors (Lipinski definition) is 1. The molecule has 2 rings (SSSR count). The molecule has 0 bridgehead atoms. The Morgan fingerprint density at radius 1 is 1.18 bits per heavy atom. The monoisotopic (exact) mass is 444 g/mol. The zero-order valence-electron chi connectivity index (χ0n) is 17.1. The third-order valence-corrected chi connectivity index (χ3v) is 5.01. The van der Waals surface area contributed by atoms with Crippen molar-refractivity contribution in [3.05, 3.63) is 63.6 Å². The second-order valence-electron chi connectivity index (χ2n) is 7.74. The molecule has 0 saturated heterocycles. The standard InChI is InChI=1S/C23H29BrN2O2/c1-5-17-10-13-21(20(24)15-17)28-14-6-7-22(27)26-25-16-18-8-11-19(12-9-18)23(2,3)4/h8-13,15-16H,5-7,14H2,1-4H3,(H,26,27)/b25-16+. The normalized spacial score (nSPS) is 11.6. The minimum absolute atomic E-state index is 0.119. The van der Waals surface area contributed by atoms with Gasteiger partial charge in [-0.1, -0.05) is 58.0 Å². The van der Waals surface area contributed by atoms with Crippen molar-refractivity contribution in [1.82, 2.24) is 5.43 Å². The van der Waals surface area contributed by atoms with Crippen LogP contribution < -0.4 is 10.2 Å². The lowest BCUT2D eigenvalue weighted by Gasteiger charge is -2.18. The number of halogens is 1. The van der Waals surface area contributed by atoms with Gasteiger partial charge in [0, 0.05) is 6.42 Å². The largest absolute Gasteiger partial charge is 0.492 e. The zero-order valence-corrected chi connectivity index (χ0v) is 18.7. The highest BCUT2D eigenvalue weighted by atomic mass is 79.9. The van der Waals surface area contributed by atoms with Crippen molar-refractivity contribution in [3.63, 3.8) is 0 Å². The highest BCUT2D eigenvalue weighted by Crippen LogP contribution is 2.26. The summed E-state index contributed by atoms with van der Waals surface area (Å²) in [6.45, 7) is 9.14. The van der Waals surface area contributed by atoms with Gasteiger partial charge in [0.1, 0.15) is 5.75 Å². The van der Waals surface area contributed by atoms with Crippen LogP contribution in [0.1, 0.15) is 57.2 Å². The summed E-state index contributed by atoms with van der Waals surface area (Å²) >= 11 is 3.52. The van der Waals surface area contributed by atoms with Crippen LogP contribution in [0.5, 0.6) is 5.75 Å². The Morgan fingerprint density at radius 3 is 2.50 bits per heavy atom. The molecule has 0 aromatic heterocycles. The third kappa shape index (κ3) is 7.12. The van der Waals surface area contributed by atoms with E-state index in [4.69, 9.17) is 4.74 Å². The number of benzene rings is 2. The Kier molecular flexibility index (Phi) is 8.24. The second kappa shape index (κ2) is 10.4. The lowest BCUT2D eigenvalue weighted by molar-refractivity contribution is -0.121. The molecule has 28 heavy (non-hydrogen) atoms. The van der Waals surface area contributed by atoms with E-state index < -0.39 is 0 Å². The Balaban J connectivity index is 1.70. The van der Waals surface area contributed by atoms with E-state index in [1.165, 1.54) is 11.1 Å². The first kappa shape index (κ1) is 22.2. The Labute approximate surface area is 176 Å². The molecule has 0 saturated carbocycles. The van der Waals surface area contributed by atoms with E-state index in [-0.39, 0.29) is 11.3 Å². The zero-order chi connectivity index (χ0) is 20.6. The number of carbonyl (C=O) groups is 1. The molecule has 0 aliphatic carbocycles. The van der Waals surface area contributed by atoms with Crippen LogP contribution in [0.4, 0.5) is 0 Å². The fourth-order valence-corrected chi connectivity index (χ4v) is 3.14. The number of ether oxygens (including phenoxy) is 1. The number of nitrogens with zero attached hydrogens (tertiary/aromatic N) is 1. The van der Waals surface area contributed by atoms with Crippen LogP contribution in [-0.2, 0) is 16.6 Å². The molecular formula is C23H29BrN2O2. The average Bonchev–Trinajstić information content (AvgIpc) is 2.66. The van der Waals surface area contributed by atoms with Crippen LogP contribution in [0.25, 0.3) is 0 Å². The summed E-state index contributed by atoms with van der Waals surface area (Å²) in [4.78, 5) is 11.9. The number of nitrogens with one attached hydrogen (secondary N) is 1. The first-order valence-electron chi connectivity index (χ1n) is 9.63. The van der Waals surface area contributed by atoms with Crippen molar-refractivity contribution >= 4 is 28.1 Å². The van der Waals surface area contributed by atoms with Gasteiger partial charge in [-0.3, -0.25) is 4.79 Å². The second-order valence-corrected chi connectivity index (χ2v) is 8.59. The van der Waals surface area contributed by atoms with Crippen molar-refractivity contribution < 1.29 is 9.53 Å². The molecule has 0 atom stereocenters. The summed E-state index contributed by atoms with van der Waals surface area (Å²) < 4.78 is 6.68. The number of amides is 1. The molecule has 1 N–H and O–H groups in total. The summed E-state index contributed by atoms with van der Waals surface area (Å²) in [5, 5.41) is 4.03. The van der Waals surface area contributed by atoms with Crippen molar-refractivity contribution in [2.75, 3.05) is 6.61 Å². The quantitative estimate of drug-likeness (QED) is 0.326. The Bertz CT molecular complexity index is 808. The molecule has 1 amide bonds. The van der Waals surface area contributed by atoms with Gasteiger partial charge >= 0.3 is 0 Å². The first-order valence-corrected chi connectivity index (χ1v) is 10.4. The van der Waals surface area contributed by atoms with Gasteiger partial charge in [0.05, 0.1) is 17.3 Å². The molecule has 2 aromatic rings. The maximum absolute atomic E-state index is 11.9. The average molecular weight is 445 g/mol. The minimum Gasteiger partial charge on any atom is -0.492 e. The van der Waals surface area contributed by atoms with E-state index in [0.29, 0.717) is 19.4 Å². The number of hydrazone groups is 1. The molecule has 0 spiro atoms. The third-order valence-electron chi connectivity index (χ3n) is 4.39. The molecule has 0 aliphatic heterocycles. The van der Waals surface area contributed by atoms with Crippen LogP contribution in [0.15, 0.2) is 52.0 Å². The minimum atomic E-state index is -0.119. The number of carbonyl (C=O) groups excluding carboxylic acids is 1. The topological polar surface area (TPSA) is 50.7 Å². The molecule has 0 heterocycles. The lowest BCUT2D eigenvalue weighted by Crippen LogP contribution is -2.18. The summed E-state index contributed by atoms with van der Waals surface area (Å²) in [5.41, 5.74) is 6.17. The smallest absolute Gasteiger partial charge is 0.240 e. The molecular weight excluding hydrogens is 416 g/mol. The van der Waals surface area contributed by atoms with Gasteiger partial charge in [-0.05, 0) is 63.0 Å². The van der Waals surface area contributed by atoms with Gasteiger partial charge in [0.15, 0.2) is 0 Å². The molecule has 0 radical (unpaired) electrons. The molecule has 4 nitrogen and oxygen atoms in total. The maximum atomic E-state index is 11.9. The van der Waals surface area contributed by atoms with Crippen LogP contribution in [0.3, 0.4) is 0 Å². The van der Waals surface area contributed by atoms with Crippen molar-refractivity contribution in [1.29, 1.82) is 0 Å². The molecule has 2 aromatic carbocycles. The predicted molar refractivity (Wildman–Crippen MR) is 119 cm³/mol. The predicted octanol–water partition coefficient (Wildman–Crippen LogP) is 5.62. The highest BCUT2D eigenvalue weighted by molar-refractivity contribution is 9.10. The van der Waals surface area contributed by atoms with Crippen molar-refractivity contribution in [3.8, 4) is 5.75 Å². The van der Waals surface area contributed by atoms with Gasteiger partial charge in [-0.25, -0.2) is 5.43 Å². The maximum Gasteiger partial charge on any atom is 0.240 e. The Morgan fingerprint density at radius 2 is 1.89 bits per heavy atom. The number of hydrogen-bond acceptors (Lipinski definition) is 3. The van der Waals surface area contributed by atoms with Crippen LogP contribution >= 0.6 is 15.9 Å². The van der Waals surface area contributed by atoms with E-state index in [1.807, 2.05) is 18.2 Å². The number of aryl methyl sites for hydroxylation is 1. The van der Waals surface area contributed by atoms with Gasteiger partial charge in [-0.15, -0.1) is 0 Å².